The molecule has 1 heterocycles. The van der Waals surface area contributed by atoms with Gasteiger partial charge in [0.2, 0.25) is 5.91 Å². The van der Waals surface area contributed by atoms with Gasteiger partial charge in [0.15, 0.2) is 0 Å². The van der Waals surface area contributed by atoms with Gasteiger partial charge < -0.3 is 5.32 Å². The Morgan fingerprint density at radius 3 is 2.65 bits per heavy atom. The molecule has 1 aliphatic heterocycles. The second-order valence-corrected chi connectivity index (χ2v) is 6.42. The van der Waals surface area contributed by atoms with E-state index in [0.717, 1.165) is 44.7 Å². The molecule has 1 atom stereocenters. The average Bonchev–Trinajstić information content (AvgIpc) is 2.55. The van der Waals surface area contributed by atoms with Crippen LogP contribution in [0.5, 0.6) is 0 Å². The maximum Gasteiger partial charge on any atom is 0.237 e. The molecule has 0 spiro atoms. The van der Waals surface area contributed by atoms with Crippen LogP contribution >= 0.6 is 11.6 Å². The van der Waals surface area contributed by atoms with Gasteiger partial charge in [-0.2, -0.15) is 0 Å². The molecule has 0 aromatic heterocycles. The molecule has 0 bridgehead atoms. The summed E-state index contributed by atoms with van der Waals surface area (Å²) in [5, 5.41) is 3.42. The SMILES string of the molecule is CCCNC(=O)C(C)N1CCN(Cc2ccc(F)cc2Cl)CC1. The van der Waals surface area contributed by atoms with E-state index in [1.54, 1.807) is 6.07 Å². The Kier molecular flexibility index (Phi) is 6.81. The molecular weight excluding hydrogens is 317 g/mol. The molecule has 128 valence electrons. The van der Waals surface area contributed by atoms with Crippen LogP contribution in [-0.2, 0) is 11.3 Å². The summed E-state index contributed by atoms with van der Waals surface area (Å²) in [6.07, 6.45) is 0.949. The maximum atomic E-state index is 13.1. The number of rotatable bonds is 6. The maximum absolute atomic E-state index is 13.1. The Morgan fingerprint density at radius 1 is 1.35 bits per heavy atom. The lowest BCUT2D eigenvalue weighted by molar-refractivity contribution is -0.126. The minimum atomic E-state index is -0.310. The summed E-state index contributed by atoms with van der Waals surface area (Å²) < 4.78 is 13.1. The second kappa shape index (κ2) is 8.62. The number of benzene rings is 1. The standard InChI is InChI=1S/C17H25ClFN3O/c1-3-6-20-17(23)13(2)22-9-7-21(8-10-22)12-14-4-5-15(19)11-16(14)18/h4-5,11,13H,3,6-10,12H2,1-2H3,(H,20,23). The van der Waals surface area contributed by atoms with Crippen molar-refractivity contribution in [1.29, 1.82) is 0 Å². The largest absolute Gasteiger partial charge is 0.355 e. The Bertz CT molecular complexity index is 533. The topological polar surface area (TPSA) is 35.6 Å². The number of piperazine rings is 1. The van der Waals surface area contributed by atoms with Crippen molar-refractivity contribution in [2.45, 2.75) is 32.9 Å². The fourth-order valence-corrected chi connectivity index (χ4v) is 2.99. The van der Waals surface area contributed by atoms with Gasteiger partial charge in [0.05, 0.1) is 6.04 Å². The van der Waals surface area contributed by atoms with Gasteiger partial charge in [0, 0.05) is 44.3 Å². The zero-order chi connectivity index (χ0) is 16.8. The van der Waals surface area contributed by atoms with Gasteiger partial charge in [-0.15, -0.1) is 0 Å². The van der Waals surface area contributed by atoms with Crippen molar-refractivity contribution < 1.29 is 9.18 Å². The van der Waals surface area contributed by atoms with Crippen molar-refractivity contribution in [2.75, 3.05) is 32.7 Å². The number of halogens is 2. The van der Waals surface area contributed by atoms with E-state index in [0.29, 0.717) is 11.6 Å². The van der Waals surface area contributed by atoms with Crippen molar-refractivity contribution in [3.63, 3.8) is 0 Å². The number of carbonyl (C=O) groups excluding carboxylic acids is 1. The van der Waals surface area contributed by atoms with Gasteiger partial charge in [-0.25, -0.2) is 4.39 Å². The van der Waals surface area contributed by atoms with Crippen LogP contribution in [0.4, 0.5) is 4.39 Å². The molecule has 23 heavy (non-hydrogen) atoms. The second-order valence-electron chi connectivity index (χ2n) is 6.01. The molecule has 0 aliphatic carbocycles. The van der Waals surface area contributed by atoms with E-state index in [-0.39, 0.29) is 17.8 Å². The zero-order valence-electron chi connectivity index (χ0n) is 13.8. The molecule has 1 aromatic carbocycles. The van der Waals surface area contributed by atoms with Crippen LogP contribution in [0.25, 0.3) is 0 Å². The van der Waals surface area contributed by atoms with Crippen molar-refractivity contribution in [3.05, 3.63) is 34.6 Å². The minimum Gasteiger partial charge on any atom is -0.355 e. The molecule has 6 heteroatoms. The van der Waals surface area contributed by atoms with E-state index < -0.39 is 0 Å². The van der Waals surface area contributed by atoms with Crippen LogP contribution in [0, 0.1) is 5.82 Å². The van der Waals surface area contributed by atoms with E-state index in [4.69, 9.17) is 11.6 Å². The van der Waals surface area contributed by atoms with E-state index in [1.165, 1.54) is 12.1 Å². The van der Waals surface area contributed by atoms with Crippen molar-refractivity contribution in [1.82, 2.24) is 15.1 Å². The number of hydrogen-bond acceptors (Lipinski definition) is 3. The predicted octanol–water partition coefficient (Wildman–Crippen LogP) is 2.51. The van der Waals surface area contributed by atoms with E-state index >= 15 is 0 Å². The van der Waals surface area contributed by atoms with Crippen LogP contribution < -0.4 is 5.32 Å². The molecule has 0 saturated carbocycles. The van der Waals surface area contributed by atoms with Crippen LogP contribution in [-0.4, -0.2) is 54.5 Å². The lowest BCUT2D eigenvalue weighted by Gasteiger charge is -2.37. The highest BCUT2D eigenvalue weighted by molar-refractivity contribution is 6.31. The molecule has 4 nitrogen and oxygen atoms in total. The highest BCUT2D eigenvalue weighted by atomic mass is 35.5. The molecule has 1 aromatic rings. The number of amides is 1. The van der Waals surface area contributed by atoms with Gasteiger partial charge in [-0.05, 0) is 31.0 Å². The zero-order valence-corrected chi connectivity index (χ0v) is 14.6. The van der Waals surface area contributed by atoms with Crippen molar-refractivity contribution >= 4 is 17.5 Å². The first-order valence-corrected chi connectivity index (χ1v) is 8.57. The third-order valence-electron chi connectivity index (χ3n) is 4.29. The third kappa shape index (κ3) is 5.16. The Labute approximate surface area is 142 Å². The van der Waals surface area contributed by atoms with Gasteiger partial charge in [-0.1, -0.05) is 24.6 Å². The van der Waals surface area contributed by atoms with Gasteiger partial charge in [0.1, 0.15) is 5.82 Å². The molecule has 1 unspecified atom stereocenters. The molecule has 1 amide bonds. The lowest BCUT2D eigenvalue weighted by Crippen LogP contribution is -2.53. The molecule has 1 fully saturated rings. The summed E-state index contributed by atoms with van der Waals surface area (Å²) in [6.45, 7) is 8.88. The molecular formula is C17H25ClFN3O. The Hall–Kier alpha value is -1.17. The molecule has 0 radical (unpaired) electrons. The summed E-state index contributed by atoms with van der Waals surface area (Å²) >= 11 is 6.09. The van der Waals surface area contributed by atoms with Crippen molar-refractivity contribution in [3.8, 4) is 0 Å². The van der Waals surface area contributed by atoms with E-state index in [9.17, 15) is 9.18 Å². The molecule has 1 saturated heterocycles. The average molecular weight is 342 g/mol. The van der Waals surface area contributed by atoms with E-state index in [1.807, 2.05) is 13.8 Å². The first kappa shape index (κ1) is 18.2. The molecule has 1 N–H and O–H groups in total. The number of hydrogen-bond donors (Lipinski definition) is 1. The smallest absolute Gasteiger partial charge is 0.237 e. The molecule has 2 rings (SSSR count). The van der Waals surface area contributed by atoms with Gasteiger partial charge in [-0.3, -0.25) is 14.6 Å². The van der Waals surface area contributed by atoms with Crippen LogP contribution in [0.3, 0.4) is 0 Å². The number of nitrogens with one attached hydrogen (secondary N) is 1. The highest BCUT2D eigenvalue weighted by Gasteiger charge is 2.25. The first-order valence-electron chi connectivity index (χ1n) is 8.19. The van der Waals surface area contributed by atoms with E-state index in [2.05, 4.69) is 15.1 Å². The third-order valence-corrected chi connectivity index (χ3v) is 4.64. The van der Waals surface area contributed by atoms with Gasteiger partial charge in [0.25, 0.3) is 0 Å². The quantitative estimate of drug-likeness (QED) is 0.863. The minimum absolute atomic E-state index is 0.0990. The van der Waals surface area contributed by atoms with Crippen LogP contribution in [0.1, 0.15) is 25.8 Å². The summed E-state index contributed by atoms with van der Waals surface area (Å²) in [4.78, 5) is 16.5. The fraction of sp³-hybridized carbons (Fsp3) is 0.588. The first-order chi connectivity index (χ1) is 11.0. The summed E-state index contributed by atoms with van der Waals surface area (Å²) in [5.74, 6) is -0.211. The number of nitrogens with zero attached hydrogens (tertiary/aromatic N) is 2. The normalized spacial score (nSPS) is 17.9. The summed E-state index contributed by atoms with van der Waals surface area (Å²) in [5.41, 5.74) is 0.940. The highest BCUT2D eigenvalue weighted by Crippen LogP contribution is 2.20. The fourth-order valence-electron chi connectivity index (χ4n) is 2.76. The Balaban J connectivity index is 1.82. The number of carbonyl (C=O) groups is 1. The van der Waals surface area contributed by atoms with Gasteiger partial charge >= 0.3 is 0 Å². The lowest BCUT2D eigenvalue weighted by atomic mass is 10.1. The van der Waals surface area contributed by atoms with Crippen LogP contribution in [0.2, 0.25) is 5.02 Å². The molecule has 1 aliphatic rings. The monoisotopic (exact) mass is 341 g/mol. The Morgan fingerprint density at radius 2 is 2.04 bits per heavy atom. The predicted molar refractivity (Wildman–Crippen MR) is 91.0 cm³/mol. The van der Waals surface area contributed by atoms with Crippen LogP contribution in [0.15, 0.2) is 18.2 Å². The van der Waals surface area contributed by atoms with Crippen molar-refractivity contribution in [2.24, 2.45) is 0 Å². The summed E-state index contributed by atoms with van der Waals surface area (Å²) in [7, 11) is 0. The summed E-state index contributed by atoms with van der Waals surface area (Å²) in [6, 6.07) is 4.44.